The van der Waals surface area contributed by atoms with Crippen LogP contribution in [0.2, 0.25) is 0 Å². The lowest BCUT2D eigenvalue weighted by Crippen LogP contribution is -2.19. The van der Waals surface area contributed by atoms with Gasteiger partial charge >= 0.3 is 5.97 Å². The molecule has 1 aromatic carbocycles. The van der Waals surface area contributed by atoms with E-state index in [1.165, 1.54) is 5.56 Å². The van der Waals surface area contributed by atoms with Gasteiger partial charge in [0.15, 0.2) is 0 Å². The molecule has 0 aliphatic heterocycles. The number of ether oxygens (including phenoxy) is 1. The number of aryl methyl sites for hydroxylation is 2. The van der Waals surface area contributed by atoms with Crippen LogP contribution in [0.5, 0.6) is 5.75 Å². The molecule has 1 aromatic rings. The predicted molar refractivity (Wildman–Crippen MR) is 75.9 cm³/mol. The smallest absolute Gasteiger partial charge is 0.303 e. The normalized spacial score (nSPS) is 10.5. The van der Waals surface area contributed by atoms with Crippen LogP contribution >= 0.6 is 0 Å². The van der Waals surface area contributed by atoms with Crippen LogP contribution in [0.1, 0.15) is 29.5 Å². The van der Waals surface area contributed by atoms with Crippen molar-refractivity contribution < 1.29 is 14.6 Å². The third kappa shape index (κ3) is 5.30. The maximum Gasteiger partial charge on any atom is 0.303 e. The molecule has 2 N–H and O–H groups in total. The number of hydrogen-bond acceptors (Lipinski definition) is 3. The Balaban J connectivity index is 2.36. The standard InChI is InChI=1S/C15H23NO3/c1-11-9-13(10-12(2)15(11)19-3)6-8-16-7-4-5-14(17)18/h9-10,16H,4-8H2,1-3H3,(H,17,18). The van der Waals surface area contributed by atoms with Gasteiger partial charge in [0.2, 0.25) is 0 Å². The Morgan fingerprint density at radius 3 is 2.42 bits per heavy atom. The Hall–Kier alpha value is -1.55. The van der Waals surface area contributed by atoms with E-state index in [0.29, 0.717) is 6.42 Å². The zero-order valence-corrected chi connectivity index (χ0v) is 12.0. The molecule has 0 saturated heterocycles. The van der Waals surface area contributed by atoms with Crippen LogP contribution in [0.15, 0.2) is 12.1 Å². The highest BCUT2D eigenvalue weighted by Crippen LogP contribution is 2.24. The molecule has 0 radical (unpaired) electrons. The molecule has 19 heavy (non-hydrogen) atoms. The summed E-state index contributed by atoms with van der Waals surface area (Å²) in [6.07, 6.45) is 1.85. The number of carboxylic acids is 1. The van der Waals surface area contributed by atoms with E-state index in [-0.39, 0.29) is 6.42 Å². The van der Waals surface area contributed by atoms with E-state index >= 15 is 0 Å². The van der Waals surface area contributed by atoms with Crippen molar-refractivity contribution in [3.63, 3.8) is 0 Å². The SMILES string of the molecule is COc1c(C)cc(CCNCCCC(=O)O)cc1C. The molecule has 0 amide bonds. The van der Waals surface area contributed by atoms with Gasteiger partial charge in [-0.05, 0) is 56.5 Å². The Kier molecular flexibility index (Phi) is 6.36. The highest BCUT2D eigenvalue weighted by atomic mass is 16.5. The number of carbonyl (C=O) groups is 1. The van der Waals surface area contributed by atoms with Gasteiger partial charge in [0, 0.05) is 6.42 Å². The Morgan fingerprint density at radius 2 is 1.89 bits per heavy atom. The minimum absolute atomic E-state index is 0.230. The van der Waals surface area contributed by atoms with E-state index in [0.717, 1.165) is 36.4 Å². The number of hydrogen-bond donors (Lipinski definition) is 2. The number of carboxylic acid groups (broad SMARTS) is 1. The van der Waals surface area contributed by atoms with Crippen molar-refractivity contribution >= 4 is 5.97 Å². The number of aliphatic carboxylic acids is 1. The van der Waals surface area contributed by atoms with Gasteiger partial charge in [-0.15, -0.1) is 0 Å². The molecular weight excluding hydrogens is 242 g/mol. The zero-order valence-electron chi connectivity index (χ0n) is 12.0. The van der Waals surface area contributed by atoms with Crippen LogP contribution in [-0.2, 0) is 11.2 Å². The lowest BCUT2D eigenvalue weighted by atomic mass is 10.0. The van der Waals surface area contributed by atoms with Gasteiger partial charge in [-0.1, -0.05) is 12.1 Å². The summed E-state index contributed by atoms with van der Waals surface area (Å²) < 4.78 is 5.34. The molecule has 0 aliphatic rings. The molecule has 0 fully saturated rings. The molecule has 4 heteroatoms. The Bertz CT molecular complexity index is 406. The van der Waals surface area contributed by atoms with Crippen molar-refractivity contribution in [3.8, 4) is 5.75 Å². The van der Waals surface area contributed by atoms with Gasteiger partial charge in [0.1, 0.15) is 5.75 Å². The second-order valence-electron chi connectivity index (χ2n) is 4.76. The topological polar surface area (TPSA) is 58.6 Å². The number of rotatable bonds is 8. The van der Waals surface area contributed by atoms with Crippen LogP contribution < -0.4 is 10.1 Å². The average Bonchev–Trinajstić information content (AvgIpc) is 2.33. The molecule has 0 atom stereocenters. The van der Waals surface area contributed by atoms with Crippen molar-refractivity contribution in [2.75, 3.05) is 20.2 Å². The van der Waals surface area contributed by atoms with E-state index in [1.54, 1.807) is 7.11 Å². The fourth-order valence-electron chi connectivity index (χ4n) is 2.23. The van der Waals surface area contributed by atoms with E-state index < -0.39 is 5.97 Å². The van der Waals surface area contributed by atoms with E-state index in [2.05, 4.69) is 31.3 Å². The second kappa shape index (κ2) is 7.79. The molecule has 1 rings (SSSR count). The van der Waals surface area contributed by atoms with Crippen LogP contribution in [0, 0.1) is 13.8 Å². The quantitative estimate of drug-likeness (QED) is 0.708. The molecule has 0 unspecified atom stereocenters. The maximum absolute atomic E-state index is 10.3. The van der Waals surface area contributed by atoms with Gasteiger partial charge in [0.05, 0.1) is 7.11 Å². The average molecular weight is 265 g/mol. The second-order valence-corrected chi connectivity index (χ2v) is 4.76. The summed E-state index contributed by atoms with van der Waals surface area (Å²) in [7, 11) is 1.69. The summed E-state index contributed by atoms with van der Waals surface area (Å²) in [6.45, 7) is 5.72. The summed E-state index contributed by atoms with van der Waals surface area (Å²) >= 11 is 0. The van der Waals surface area contributed by atoms with Crippen molar-refractivity contribution in [1.82, 2.24) is 5.32 Å². The number of nitrogens with one attached hydrogen (secondary N) is 1. The molecule has 0 aromatic heterocycles. The molecular formula is C15H23NO3. The third-order valence-corrected chi connectivity index (χ3v) is 3.06. The minimum Gasteiger partial charge on any atom is -0.496 e. The summed E-state index contributed by atoms with van der Waals surface area (Å²) in [6, 6.07) is 4.29. The molecule has 0 saturated carbocycles. The summed E-state index contributed by atoms with van der Waals surface area (Å²) in [5.74, 6) is 0.223. The van der Waals surface area contributed by atoms with Crippen molar-refractivity contribution in [2.24, 2.45) is 0 Å². The first-order valence-corrected chi connectivity index (χ1v) is 6.61. The largest absolute Gasteiger partial charge is 0.496 e. The van der Waals surface area contributed by atoms with Gasteiger partial charge in [0.25, 0.3) is 0 Å². The minimum atomic E-state index is -0.733. The van der Waals surface area contributed by atoms with Gasteiger partial charge in [-0.25, -0.2) is 0 Å². The van der Waals surface area contributed by atoms with E-state index in [9.17, 15) is 4.79 Å². The van der Waals surface area contributed by atoms with Gasteiger partial charge in [-0.2, -0.15) is 0 Å². The Labute approximate surface area is 114 Å². The monoisotopic (exact) mass is 265 g/mol. The summed E-state index contributed by atoms with van der Waals surface area (Å²) in [4.78, 5) is 10.3. The summed E-state index contributed by atoms with van der Waals surface area (Å²) in [5.41, 5.74) is 3.59. The van der Waals surface area contributed by atoms with E-state index in [4.69, 9.17) is 9.84 Å². The van der Waals surface area contributed by atoms with Crippen molar-refractivity contribution in [3.05, 3.63) is 28.8 Å². The van der Waals surface area contributed by atoms with Crippen LogP contribution in [0.3, 0.4) is 0 Å². The molecule has 106 valence electrons. The van der Waals surface area contributed by atoms with Crippen LogP contribution in [0.25, 0.3) is 0 Å². The van der Waals surface area contributed by atoms with Gasteiger partial charge in [-0.3, -0.25) is 4.79 Å². The lowest BCUT2D eigenvalue weighted by molar-refractivity contribution is -0.137. The van der Waals surface area contributed by atoms with Gasteiger partial charge < -0.3 is 15.2 Å². The molecule has 0 bridgehead atoms. The zero-order chi connectivity index (χ0) is 14.3. The first kappa shape index (κ1) is 15.5. The number of benzene rings is 1. The maximum atomic E-state index is 10.3. The first-order chi connectivity index (χ1) is 9.04. The van der Waals surface area contributed by atoms with E-state index in [1.807, 2.05) is 0 Å². The highest BCUT2D eigenvalue weighted by Gasteiger charge is 2.05. The highest BCUT2D eigenvalue weighted by molar-refractivity contribution is 5.66. The van der Waals surface area contributed by atoms with Crippen molar-refractivity contribution in [1.29, 1.82) is 0 Å². The molecule has 4 nitrogen and oxygen atoms in total. The first-order valence-electron chi connectivity index (χ1n) is 6.61. The molecule has 0 aliphatic carbocycles. The Morgan fingerprint density at radius 1 is 1.26 bits per heavy atom. The summed E-state index contributed by atoms with van der Waals surface area (Å²) in [5, 5.41) is 11.8. The van der Waals surface area contributed by atoms with Crippen LogP contribution in [-0.4, -0.2) is 31.3 Å². The fraction of sp³-hybridized carbons (Fsp3) is 0.533. The fourth-order valence-corrected chi connectivity index (χ4v) is 2.23. The third-order valence-electron chi connectivity index (χ3n) is 3.06. The van der Waals surface area contributed by atoms with Crippen molar-refractivity contribution in [2.45, 2.75) is 33.1 Å². The number of methoxy groups -OCH3 is 1. The predicted octanol–water partition coefficient (Wildman–Crippen LogP) is 2.31. The van der Waals surface area contributed by atoms with Crippen LogP contribution in [0.4, 0.5) is 0 Å². The molecule has 0 spiro atoms. The molecule has 0 heterocycles. The lowest BCUT2D eigenvalue weighted by Gasteiger charge is -2.11.